The molecular formula is C84H157N7O11. The second-order valence-corrected chi connectivity index (χ2v) is 36.5. The third-order valence-electron chi connectivity index (χ3n) is 18.6. The van der Waals surface area contributed by atoms with Gasteiger partial charge in [-0.25, -0.2) is 0 Å². The zero-order valence-electron chi connectivity index (χ0n) is 68.8. The molecule has 0 spiro atoms. The molecule has 0 bridgehead atoms. The fourth-order valence-electron chi connectivity index (χ4n) is 11.9. The molecule has 0 heterocycles. The van der Waals surface area contributed by atoms with Gasteiger partial charge in [0.05, 0.1) is 52.9 Å². The summed E-state index contributed by atoms with van der Waals surface area (Å²) in [6.45, 7) is 43.3. The molecule has 0 aliphatic carbocycles. The minimum atomic E-state index is -0.479. The molecule has 6 amide bonds. The Hall–Kier alpha value is -4.36. The maximum Gasteiger partial charge on any atom is 0.251 e. The second kappa shape index (κ2) is 51.8. The number of benzene rings is 1. The van der Waals surface area contributed by atoms with Gasteiger partial charge in [-0.15, -0.1) is 0 Å². The Labute approximate surface area is 623 Å². The van der Waals surface area contributed by atoms with Crippen molar-refractivity contribution in [1.82, 2.24) is 31.9 Å². The van der Waals surface area contributed by atoms with E-state index in [2.05, 4.69) is 101 Å². The van der Waals surface area contributed by atoms with E-state index in [-0.39, 0.29) is 107 Å². The number of carbonyl (C=O) groups excluding carboxylic acids is 6. The summed E-state index contributed by atoms with van der Waals surface area (Å²) in [5.41, 5.74) is 3.30. The van der Waals surface area contributed by atoms with Crippen LogP contribution < -0.4 is 42.4 Å². The fourth-order valence-corrected chi connectivity index (χ4v) is 11.9. The molecule has 1 aromatic rings. The van der Waals surface area contributed by atoms with E-state index in [1.165, 1.54) is 141 Å². The van der Waals surface area contributed by atoms with Crippen LogP contribution in [0.4, 0.5) is 0 Å². The molecular weight excluding hydrogens is 1280 g/mol. The third-order valence-corrected chi connectivity index (χ3v) is 18.6. The highest BCUT2D eigenvalue weighted by atomic mass is 16.5. The van der Waals surface area contributed by atoms with E-state index in [1.807, 2.05) is 55.4 Å². The van der Waals surface area contributed by atoms with Crippen molar-refractivity contribution < 1.29 is 52.5 Å². The van der Waals surface area contributed by atoms with E-state index >= 15 is 0 Å². The normalized spacial score (nSPS) is 12.7. The van der Waals surface area contributed by atoms with Crippen LogP contribution in [0.25, 0.3) is 0 Å². The zero-order valence-corrected chi connectivity index (χ0v) is 68.8. The highest BCUT2D eigenvalue weighted by Crippen LogP contribution is 2.28. The van der Waals surface area contributed by atoms with E-state index < -0.39 is 21.7 Å². The summed E-state index contributed by atoms with van der Waals surface area (Å²) in [4.78, 5) is 79.4. The summed E-state index contributed by atoms with van der Waals surface area (Å²) in [7, 11) is 0. The van der Waals surface area contributed by atoms with Crippen LogP contribution in [0.1, 0.15) is 338 Å². The van der Waals surface area contributed by atoms with Gasteiger partial charge in [0, 0.05) is 115 Å². The number of hydrogen-bond acceptors (Lipinski definition) is 12. The number of nitrogens with two attached hydrogens (primary N) is 1. The molecule has 0 unspecified atom stereocenters. The van der Waals surface area contributed by atoms with Crippen LogP contribution >= 0.6 is 0 Å². The molecule has 0 radical (unpaired) electrons. The third kappa shape index (κ3) is 52.6. The summed E-state index contributed by atoms with van der Waals surface area (Å²) >= 11 is 0. The minimum Gasteiger partial charge on any atom is -0.492 e. The zero-order chi connectivity index (χ0) is 76.6. The van der Waals surface area contributed by atoms with Gasteiger partial charge in [-0.3, -0.25) is 28.8 Å². The molecule has 0 fully saturated rings. The molecule has 102 heavy (non-hydrogen) atoms. The van der Waals surface area contributed by atoms with Crippen molar-refractivity contribution in [1.29, 1.82) is 0 Å². The maximum atomic E-state index is 13.8. The number of nitrogens with one attached hydrogen (secondary N) is 6. The van der Waals surface area contributed by atoms with Crippen molar-refractivity contribution in [3.05, 3.63) is 29.3 Å². The predicted molar refractivity (Wildman–Crippen MR) is 421 cm³/mol. The van der Waals surface area contributed by atoms with Crippen molar-refractivity contribution in [2.24, 2.45) is 49.1 Å². The van der Waals surface area contributed by atoms with Gasteiger partial charge in [0.25, 0.3) is 11.8 Å². The van der Waals surface area contributed by atoms with E-state index in [9.17, 15) is 28.8 Å². The molecule has 8 N–H and O–H groups in total. The highest BCUT2D eigenvalue weighted by Gasteiger charge is 2.31. The summed E-state index contributed by atoms with van der Waals surface area (Å²) in [6.07, 6.45) is 35.0. The molecule has 0 saturated carbocycles. The van der Waals surface area contributed by atoms with Gasteiger partial charge in [-0.2, -0.15) is 0 Å². The van der Waals surface area contributed by atoms with Gasteiger partial charge < -0.3 is 61.3 Å². The molecule has 0 aliphatic heterocycles. The summed E-state index contributed by atoms with van der Waals surface area (Å²) in [5, 5.41) is 18.5. The van der Waals surface area contributed by atoms with E-state index in [4.69, 9.17) is 29.4 Å². The van der Waals surface area contributed by atoms with Crippen LogP contribution in [0.2, 0.25) is 0 Å². The monoisotopic (exact) mass is 1440 g/mol. The van der Waals surface area contributed by atoms with Crippen LogP contribution in [-0.4, -0.2) is 141 Å². The standard InChI is InChI=1S/C84H157N7O11/c1-19-21-23-25-27-29-31-33-35-37-39-41-43-45-71(92)86-54-79(7,8)62-100-64-81(11,12)56-88-73(94)52-77(3,4)60-98-66-83(15,16)58-90-75(96)68-49-69(51-70(50-68)102-48-47-85)76(97)91-59-84(17,18)67-99-61-78(5,6)53-74(95)89-57-82(13,14)65-101-63-80(9,10)55-87-72(93)46-44-42-40-38-36-34-32-30-28-26-24-22-20-2/h49-51H,19-48,52-67,85H2,1-18H3,(H,86,92)(H,87,93)(H,88,94)(H,89,95)(H,90,96)(H,91,97). The molecule has 0 aliphatic rings. The molecule has 594 valence electrons. The van der Waals surface area contributed by atoms with Gasteiger partial charge in [-0.05, 0) is 41.9 Å². The van der Waals surface area contributed by atoms with Crippen LogP contribution in [0.15, 0.2) is 18.2 Å². The number of ether oxygens (including phenoxy) is 5. The SMILES string of the molecule is CCCCCCCCCCCCCCCC(=O)NCC(C)(C)COCC(C)(C)CNC(=O)CC(C)(C)COCC(C)(C)CNC(=O)c1cc(OCCN)cc(C(=O)NCC(C)(C)COCC(C)(C)CC(=O)NCC(C)(C)COCC(C)(C)CNC(=O)CCCCCCCCCCCCCCC)c1. The summed E-state index contributed by atoms with van der Waals surface area (Å²) in [6, 6.07) is 4.75. The number of amides is 6. The molecule has 1 rings (SSSR count). The molecule has 1 aromatic carbocycles. The van der Waals surface area contributed by atoms with Crippen molar-refractivity contribution >= 4 is 35.4 Å². The highest BCUT2D eigenvalue weighted by molar-refractivity contribution is 6.00. The van der Waals surface area contributed by atoms with Crippen LogP contribution in [0.3, 0.4) is 0 Å². The molecule has 18 nitrogen and oxygen atoms in total. The maximum absolute atomic E-state index is 13.8. The van der Waals surface area contributed by atoms with Gasteiger partial charge in [-0.1, -0.05) is 279 Å². The Bertz CT molecular complexity index is 2300. The Kier molecular flexibility index (Phi) is 48.6. The van der Waals surface area contributed by atoms with E-state index in [0.29, 0.717) is 97.6 Å². The summed E-state index contributed by atoms with van der Waals surface area (Å²) in [5.74, 6) is -0.355. The first kappa shape index (κ1) is 95.7. The second-order valence-electron chi connectivity index (χ2n) is 36.5. The lowest BCUT2D eigenvalue weighted by molar-refractivity contribution is -0.125. The number of carbonyl (C=O) groups is 6. The van der Waals surface area contributed by atoms with E-state index in [1.54, 1.807) is 18.2 Å². The number of rotatable bonds is 65. The average molecular weight is 1440 g/mol. The minimum absolute atomic E-state index is 0.0720. The van der Waals surface area contributed by atoms with Crippen molar-refractivity contribution in [3.63, 3.8) is 0 Å². The van der Waals surface area contributed by atoms with Crippen molar-refractivity contribution in [2.75, 3.05) is 105 Å². The number of hydrogen-bond donors (Lipinski definition) is 7. The molecule has 0 saturated heterocycles. The lowest BCUT2D eigenvalue weighted by Crippen LogP contribution is -2.41. The fraction of sp³-hybridized carbons (Fsp3) is 0.857. The first-order valence-corrected chi connectivity index (χ1v) is 40.3. The van der Waals surface area contributed by atoms with Gasteiger partial charge >= 0.3 is 0 Å². The van der Waals surface area contributed by atoms with Crippen molar-refractivity contribution in [2.45, 2.75) is 317 Å². The van der Waals surface area contributed by atoms with Crippen molar-refractivity contribution in [3.8, 4) is 5.75 Å². The van der Waals surface area contributed by atoms with Gasteiger partial charge in [0.2, 0.25) is 23.6 Å². The summed E-state index contributed by atoms with van der Waals surface area (Å²) < 4.78 is 30.6. The average Bonchev–Trinajstić information content (AvgIpc) is 0.834. The van der Waals surface area contributed by atoms with Crippen LogP contribution in [0.5, 0.6) is 5.75 Å². The predicted octanol–water partition coefficient (Wildman–Crippen LogP) is 17.0. The smallest absolute Gasteiger partial charge is 0.251 e. The quantitative estimate of drug-likeness (QED) is 0.0301. The van der Waals surface area contributed by atoms with Crippen LogP contribution in [0, 0.1) is 43.3 Å². The van der Waals surface area contributed by atoms with Gasteiger partial charge in [0.1, 0.15) is 12.4 Å². The Balaban J connectivity index is 2.50. The van der Waals surface area contributed by atoms with Gasteiger partial charge in [0.15, 0.2) is 0 Å². The van der Waals surface area contributed by atoms with Crippen LogP contribution in [-0.2, 0) is 38.1 Å². The molecule has 18 heteroatoms. The van der Waals surface area contributed by atoms with E-state index in [0.717, 1.165) is 25.7 Å². The molecule has 0 atom stereocenters. The number of unbranched alkanes of at least 4 members (excludes halogenated alkanes) is 24. The first-order chi connectivity index (χ1) is 47.8. The Morgan fingerprint density at radius 3 is 0.784 bits per heavy atom. The first-order valence-electron chi connectivity index (χ1n) is 40.3. The lowest BCUT2D eigenvalue weighted by Gasteiger charge is -2.31. The topological polar surface area (TPSA) is 247 Å². The molecule has 0 aromatic heterocycles. The lowest BCUT2D eigenvalue weighted by atomic mass is 9.89. The Morgan fingerprint density at radius 1 is 0.304 bits per heavy atom. The Morgan fingerprint density at radius 2 is 0.529 bits per heavy atom. The largest absolute Gasteiger partial charge is 0.492 e.